The lowest BCUT2D eigenvalue weighted by Gasteiger charge is -2.15. The van der Waals surface area contributed by atoms with Crippen LogP contribution in [0.5, 0.6) is 5.75 Å². The Balaban J connectivity index is 2.30. The van der Waals surface area contributed by atoms with Crippen LogP contribution in [0.3, 0.4) is 0 Å². The van der Waals surface area contributed by atoms with Crippen LogP contribution in [0, 0.1) is 6.92 Å². The van der Waals surface area contributed by atoms with Crippen molar-refractivity contribution in [2.24, 2.45) is 0 Å². The summed E-state index contributed by atoms with van der Waals surface area (Å²) in [4.78, 5) is 11.8. The molecule has 3 heteroatoms. The number of methoxy groups -OCH3 is 1. The molecule has 0 N–H and O–H groups in total. The predicted molar refractivity (Wildman–Crippen MR) is 81.5 cm³/mol. The van der Waals surface area contributed by atoms with Gasteiger partial charge in [0.05, 0.1) is 13.0 Å². The van der Waals surface area contributed by atoms with Crippen molar-refractivity contribution < 1.29 is 9.53 Å². The zero-order valence-electron chi connectivity index (χ0n) is 11.6. The highest BCUT2D eigenvalue weighted by molar-refractivity contribution is 6.64. The van der Waals surface area contributed by atoms with E-state index in [4.69, 9.17) is 16.3 Å². The van der Waals surface area contributed by atoms with Crippen molar-refractivity contribution >= 4 is 16.8 Å². The van der Waals surface area contributed by atoms with E-state index in [-0.39, 0.29) is 11.2 Å². The molecule has 0 saturated carbocycles. The van der Waals surface area contributed by atoms with Crippen LogP contribution in [-0.4, -0.2) is 12.4 Å². The van der Waals surface area contributed by atoms with E-state index in [1.807, 2.05) is 55.5 Å². The van der Waals surface area contributed by atoms with Crippen LogP contribution in [0.1, 0.15) is 22.6 Å². The number of hydrogen-bond acceptors (Lipinski definition) is 2. The average Bonchev–Trinajstić information content (AvgIpc) is 2.46. The van der Waals surface area contributed by atoms with Crippen molar-refractivity contribution in [3.8, 4) is 5.75 Å². The third kappa shape index (κ3) is 3.40. The first-order valence-corrected chi connectivity index (χ1v) is 6.87. The van der Waals surface area contributed by atoms with Crippen LogP contribution in [0.2, 0.25) is 0 Å². The number of para-hydroxylation sites is 1. The lowest BCUT2D eigenvalue weighted by molar-refractivity contribution is -0.113. The molecule has 2 nitrogen and oxygen atoms in total. The number of carbonyl (C=O) groups excluding carboxylic acids is 1. The minimum atomic E-state index is -0.353. The highest BCUT2D eigenvalue weighted by Gasteiger charge is 2.20. The number of carbonyl (C=O) groups is 1. The largest absolute Gasteiger partial charge is 0.496 e. The van der Waals surface area contributed by atoms with Gasteiger partial charge in [-0.25, -0.2) is 0 Å². The van der Waals surface area contributed by atoms with Gasteiger partial charge in [-0.15, -0.1) is 0 Å². The molecule has 0 aliphatic carbocycles. The first-order chi connectivity index (χ1) is 9.61. The highest BCUT2D eigenvalue weighted by Crippen LogP contribution is 2.28. The van der Waals surface area contributed by atoms with Gasteiger partial charge in [-0.2, -0.15) is 0 Å². The van der Waals surface area contributed by atoms with Gasteiger partial charge in [-0.3, -0.25) is 4.79 Å². The Morgan fingerprint density at radius 1 is 1.15 bits per heavy atom. The van der Waals surface area contributed by atoms with E-state index < -0.39 is 0 Å². The van der Waals surface area contributed by atoms with Gasteiger partial charge in [0.15, 0.2) is 0 Å². The minimum Gasteiger partial charge on any atom is -0.496 e. The summed E-state index contributed by atoms with van der Waals surface area (Å²) in [5.41, 5.74) is 3.07. The van der Waals surface area contributed by atoms with Crippen LogP contribution in [-0.2, 0) is 11.2 Å². The van der Waals surface area contributed by atoms with E-state index in [9.17, 15) is 4.79 Å². The molecule has 104 valence electrons. The second kappa shape index (κ2) is 6.58. The average molecular weight is 289 g/mol. The summed E-state index contributed by atoms with van der Waals surface area (Å²) in [6.07, 6.45) is 0.537. The fourth-order valence-corrected chi connectivity index (χ4v) is 2.42. The molecule has 0 radical (unpaired) electrons. The van der Waals surface area contributed by atoms with Gasteiger partial charge in [-0.1, -0.05) is 48.0 Å². The Hall–Kier alpha value is -1.80. The smallest absolute Gasteiger partial charge is 0.229 e. The number of halogens is 1. The maximum atomic E-state index is 11.8. The summed E-state index contributed by atoms with van der Waals surface area (Å²) in [7, 11) is 1.63. The molecule has 0 saturated heterocycles. The summed E-state index contributed by atoms with van der Waals surface area (Å²) < 4.78 is 5.33. The molecule has 0 bridgehead atoms. The number of ether oxygens (including phenoxy) is 1. The molecule has 0 aliphatic heterocycles. The Kier molecular flexibility index (Phi) is 4.80. The van der Waals surface area contributed by atoms with Gasteiger partial charge in [-0.05, 0) is 42.1 Å². The third-order valence-corrected chi connectivity index (χ3v) is 3.63. The van der Waals surface area contributed by atoms with Gasteiger partial charge in [0.2, 0.25) is 5.24 Å². The van der Waals surface area contributed by atoms with Gasteiger partial charge in [0.1, 0.15) is 5.75 Å². The number of benzene rings is 2. The quantitative estimate of drug-likeness (QED) is 0.775. The lowest BCUT2D eigenvalue weighted by Crippen LogP contribution is -2.11. The van der Waals surface area contributed by atoms with Crippen molar-refractivity contribution in [1.29, 1.82) is 0 Å². The molecular weight excluding hydrogens is 272 g/mol. The van der Waals surface area contributed by atoms with Crippen molar-refractivity contribution in [1.82, 2.24) is 0 Å². The lowest BCUT2D eigenvalue weighted by atomic mass is 9.92. The minimum absolute atomic E-state index is 0.347. The highest BCUT2D eigenvalue weighted by atomic mass is 35.5. The molecule has 0 heterocycles. The molecule has 0 amide bonds. The summed E-state index contributed by atoms with van der Waals surface area (Å²) >= 11 is 5.78. The van der Waals surface area contributed by atoms with E-state index in [2.05, 4.69) is 0 Å². The second-order valence-corrected chi connectivity index (χ2v) is 5.16. The molecule has 0 aromatic heterocycles. The van der Waals surface area contributed by atoms with E-state index >= 15 is 0 Å². The fourth-order valence-electron chi connectivity index (χ4n) is 2.22. The Morgan fingerprint density at radius 3 is 2.40 bits per heavy atom. The topological polar surface area (TPSA) is 26.3 Å². The van der Waals surface area contributed by atoms with E-state index in [1.54, 1.807) is 7.11 Å². The van der Waals surface area contributed by atoms with Gasteiger partial charge < -0.3 is 4.74 Å². The summed E-state index contributed by atoms with van der Waals surface area (Å²) in [5.74, 6) is 0.427. The standard InChI is InChI=1S/C17H17ClO2/c1-12-7-9-13(10-8-12)15(17(18)19)11-14-5-3-4-6-16(14)20-2/h3-10,15H,11H2,1-2H3. The number of aryl methyl sites for hydroxylation is 1. The molecule has 0 fully saturated rings. The number of hydrogen-bond donors (Lipinski definition) is 0. The van der Waals surface area contributed by atoms with Crippen LogP contribution in [0.25, 0.3) is 0 Å². The molecular formula is C17H17ClO2. The van der Waals surface area contributed by atoms with E-state index in [0.29, 0.717) is 6.42 Å². The van der Waals surface area contributed by atoms with Gasteiger partial charge >= 0.3 is 0 Å². The van der Waals surface area contributed by atoms with Crippen LogP contribution in [0.4, 0.5) is 0 Å². The molecule has 20 heavy (non-hydrogen) atoms. The molecule has 1 unspecified atom stereocenters. The Morgan fingerprint density at radius 2 is 1.80 bits per heavy atom. The zero-order valence-corrected chi connectivity index (χ0v) is 12.4. The molecule has 2 aromatic carbocycles. The van der Waals surface area contributed by atoms with E-state index in [0.717, 1.165) is 22.4 Å². The molecule has 2 rings (SSSR count). The van der Waals surface area contributed by atoms with Crippen molar-refractivity contribution in [3.63, 3.8) is 0 Å². The van der Waals surface area contributed by atoms with Crippen LogP contribution >= 0.6 is 11.6 Å². The number of rotatable bonds is 5. The first kappa shape index (κ1) is 14.6. The SMILES string of the molecule is COc1ccccc1CC(C(=O)Cl)c1ccc(C)cc1. The summed E-state index contributed by atoms with van der Waals surface area (Å²) in [5, 5.41) is -0.347. The van der Waals surface area contributed by atoms with Gasteiger partial charge in [0.25, 0.3) is 0 Å². The van der Waals surface area contributed by atoms with Gasteiger partial charge in [0, 0.05) is 0 Å². The summed E-state index contributed by atoms with van der Waals surface area (Å²) in [6, 6.07) is 15.6. The van der Waals surface area contributed by atoms with E-state index in [1.165, 1.54) is 0 Å². The Bertz CT molecular complexity index is 590. The maximum absolute atomic E-state index is 11.8. The molecule has 2 aromatic rings. The van der Waals surface area contributed by atoms with Crippen LogP contribution < -0.4 is 4.74 Å². The summed E-state index contributed by atoms with van der Waals surface area (Å²) in [6.45, 7) is 2.02. The second-order valence-electron chi connectivity index (χ2n) is 4.78. The molecule has 0 aliphatic rings. The third-order valence-electron chi connectivity index (χ3n) is 3.37. The normalized spacial score (nSPS) is 11.9. The Labute approximate surface area is 124 Å². The van der Waals surface area contributed by atoms with Crippen molar-refractivity contribution in [2.45, 2.75) is 19.3 Å². The first-order valence-electron chi connectivity index (χ1n) is 6.49. The maximum Gasteiger partial charge on any atom is 0.229 e. The molecule has 0 spiro atoms. The fraction of sp³-hybridized carbons (Fsp3) is 0.235. The zero-order chi connectivity index (χ0) is 14.5. The molecule has 1 atom stereocenters. The van der Waals surface area contributed by atoms with Crippen molar-refractivity contribution in [2.75, 3.05) is 7.11 Å². The van der Waals surface area contributed by atoms with Crippen LogP contribution in [0.15, 0.2) is 48.5 Å². The predicted octanol–water partition coefficient (Wildman–Crippen LogP) is 4.10. The monoisotopic (exact) mass is 288 g/mol. The van der Waals surface area contributed by atoms with Crippen molar-refractivity contribution in [3.05, 3.63) is 65.2 Å².